The Bertz CT molecular complexity index is 807. The van der Waals surface area contributed by atoms with E-state index in [1.165, 1.54) is 12.8 Å². The number of rotatable bonds is 11. The molecule has 1 spiro atoms. The Morgan fingerprint density at radius 3 is 2.16 bits per heavy atom. The monoisotopic (exact) mass is 504 g/mol. The first-order chi connectivity index (χ1) is 14.4. The van der Waals surface area contributed by atoms with Crippen LogP contribution < -0.4 is 0 Å². The van der Waals surface area contributed by atoms with E-state index in [1.54, 1.807) is 0 Å². The minimum Gasteiger partial charge on any atom is -0.381 e. The Hall–Kier alpha value is -0.730. The number of halogens is 8. The van der Waals surface area contributed by atoms with Crippen LogP contribution in [-0.4, -0.2) is 49.6 Å². The molecule has 0 aromatic carbocycles. The highest BCUT2D eigenvalue weighted by Gasteiger charge is 2.73. The van der Waals surface area contributed by atoms with Gasteiger partial charge in [0.2, 0.25) is 0 Å². The normalized spacial score (nSPS) is 31.3. The molecule has 5 nitrogen and oxygen atoms in total. The van der Waals surface area contributed by atoms with Crippen molar-refractivity contribution in [3.8, 4) is 0 Å². The quantitative estimate of drug-likeness (QED) is 0.230. The SMILES string of the molecule is O=S(=O)(O)C(F)(F)C(F)(F)OC(F)(F)C(F)(F)CCCOCC12CCCC3(CC(C1)C3)C2. The Kier molecular flexibility index (Phi) is 6.40. The van der Waals surface area contributed by atoms with Gasteiger partial charge in [-0.15, -0.1) is 0 Å². The predicted octanol–water partition coefficient (Wildman–Crippen LogP) is 5.46. The zero-order valence-corrected chi connectivity index (χ0v) is 17.7. The van der Waals surface area contributed by atoms with Gasteiger partial charge in [-0.1, -0.05) is 6.42 Å². The molecule has 0 heterocycles. The van der Waals surface area contributed by atoms with E-state index in [9.17, 15) is 43.5 Å². The van der Waals surface area contributed by atoms with Crippen molar-refractivity contribution in [2.75, 3.05) is 13.2 Å². The molecule has 1 unspecified atom stereocenters. The van der Waals surface area contributed by atoms with E-state index in [4.69, 9.17) is 9.29 Å². The van der Waals surface area contributed by atoms with Crippen molar-refractivity contribution in [1.82, 2.24) is 0 Å². The van der Waals surface area contributed by atoms with Crippen LogP contribution in [0.3, 0.4) is 0 Å². The average Bonchev–Trinajstić information content (AvgIpc) is 2.57. The number of ether oxygens (including phenoxy) is 2. The lowest BCUT2D eigenvalue weighted by molar-refractivity contribution is -0.456. The van der Waals surface area contributed by atoms with Gasteiger partial charge in [-0.25, -0.2) is 4.74 Å². The van der Waals surface area contributed by atoms with E-state index >= 15 is 0 Å². The maximum absolute atomic E-state index is 13.7. The van der Waals surface area contributed by atoms with Gasteiger partial charge in [-0.05, 0) is 61.7 Å². The fourth-order valence-electron chi connectivity index (χ4n) is 5.71. The van der Waals surface area contributed by atoms with Crippen molar-refractivity contribution in [2.24, 2.45) is 16.7 Å². The molecule has 188 valence electrons. The van der Waals surface area contributed by atoms with Crippen molar-refractivity contribution < 1.29 is 57.6 Å². The van der Waals surface area contributed by atoms with Crippen LogP contribution in [-0.2, 0) is 19.6 Å². The van der Waals surface area contributed by atoms with E-state index < -0.39 is 46.4 Å². The Balaban J connectivity index is 1.50. The summed E-state index contributed by atoms with van der Waals surface area (Å²) in [6.45, 7) is -0.120. The first-order valence-corrected chi connectivity index (χ1v) is 11.6. The van der Waals surface area contributed by atoms with E-state index in [1.807, 2.05) is 0 Å². The molecule has 4 rings (SSSR count). The van der Waals surface area contributed by atoms with E-state index in [2.05, 4.69) is 4.74 Å². The summed E-state index contributed by atoms with van der Waals surface area (Å²) in [5, 5.41) is -6.57. The fourth-order valence-corrected chi connectivity index (χ4v) is 6.05. The summed E-state index contributed by atoms with van der Waals surface area (Å²) in [4.78, 5) is 0. The Labute approximate surface area is 179 Å². The van der Waals surface area contributed by atoms with Gasteiger partial charge in [0.25, 0.3) is 0 Å². The maximum atomic E-state index is 13.7. The van der Waals surface area contributed by atoms with Crippen LogP contribution in [0.2, 0.25) is 0 Å². The molecule has 14 heteroatoms. The van der Waals surface area contributed by atoms with Gasteiger partial charge >= 0.3 is 33.5 Å². The summed E-state index contributed by atoms with van der Waals surface area (Å²) in [6.07, 6.45) is -7.86. The summed E-state index contributed by atoms with van der Waals surface area (Å²) >= 11 is 0. The van der Waals surface area contributed by atoms with Crippen LogP contribution in [0, 0.1) is 16.7 Å². The van der Waals surface area contributed by atoms with Crippen LogP contribution in [0.15, 0.2) is 0 Å². The molecule has 32 heavy (non-hydrogen) atoms. The first-order valence-electron chi connectivity index (χ1n) is 10.1. The molecule has 0 aliphatic heterocycles. The van der Waals surface area contributed by atoms with Crippen LogP contribution in [0.4, 0.5) is 35.1 Å². The van der Waals surface area contributed by atoms with Crippen LogP contribution in [0.1, 0.15) is 57.8 Å². The van der Waals surface area contributed by atoms with Crippen LogP contribution in [0.25, 0.3) is 0 Å². The molecule has 4 fully saturated rings. The third-order valence-corrected chi connectivity index (χ3v) is 7.75. The molecule has 0 amide bonds. The van der Waals surface area contributed by atoms with Crippen LogP contribution >= 0.6 is 0 Å². The number of alkyl halides is 8. The molecule has 3 bridgehead atoms. The minimum atomic E-state index is -6.93. The molecule has 0 aromatic rings. The van der Waals surface area contributed by atoms with Gasteiger partial charge in [0, 0.05) is 13.0 Å². The summed E-state index contributed by atoms with van der Waals surface area (Å²) in [6, 6.07) is 0. The minimum absolute atomic E-state index is 0.0710. The summed E-state index contributed by atoms with van der Waals surface area (Å²) in [5.74, 6) is -4.73. The second-order valence-electron chi connectivity index (χ2n) is 9.50. The molecule has 0 radical (unpaired) electrons. The Morgan fingerprint density at radius 1 is 0.938 bits per heavy atom. The second kappa shape index (κ2) is 7.91. The van der Waals surface area contributed by atoms with Gasteiger partial charge in [-0.3, -0.25) is 4.55 Å². The van der Waals surface area contributed by atoms with Gasteiger partial charge < -0.3 is 4.74 Å². The molecule has 0 aromatic heterocycles. The lowest BCUT2D eigenvalue weighted by Gasteiger charge is -2.63. The lowest BCUT2D eigenvalue weighted by atomic mass is 9.42. The standard InChI is InChI=1S/C18H24F8O5S/c19-15(20,16(21,22)31-17(23,24)18(25,26)32(27,28)29)5-2-6-30-11-14-4-1-3-13(10-14)7-12(8-13)9-14/h12H,1-11H2,(H,27,28,29). The summed E-state index contributed by atoms with van der Waals surface area (Å²) < 4.78 is 143. The maximum Gasteiger partial charge on any atom is 0.460 e. The molecule has 1 atom stereocenters. The van der Waals surface area contributed by atoms with E-state index in [-0.39, 0.29) is 18.6 Å². The molecule has 0 saturated heterocycles. The van der Waals surface area contributed by atoms with E-state index in [0.717, 1.165) is 32.1 Å². The fraction of sp³-hybridized carbons (Fsp3) is 1.00. The number of hydrogen-bond acceptors (Lipinski definition) is 4. The molecule has 4 aliphatic carbocycles. The highest BCUT2D eigenvalue weighted by Crippen LogP contribution is 2.67. The van der Waals surface area contributed by atoms with E-state index in [0.29, 0.717) is 11.3 Å². The summed E-state index contributed by atoms with van der Waals surface area (Å²) in [7, 11) is -6.93. The number of hydrogen-bond donors (Lipinski definition) is 1. The third-order valence-electron chi connectivity index (χ3n) is 6.86. The predicted molar refractivity (Wildman–Crippen MR) is 93.1 cm³/mol. The molecule has 1 N–H and O–H groups in total. The first kappa shape index (κ1) is 25.9. The van der Waals surface area contributed by atoms with Crippen molar-refractivity contribution in [2.45, 2.75) is 81.2 Å². The van der Waals surface area contributed by atoms with Crippen molar-refractivity contribution in [3.63, 3.8) is 0 Å². The average molecular weight is 504 g/mol. The van der Waals surface area contributed by atoms with Gasteiger partial charge in [0.1, 0.15) is 0 Å². The Morgan fingerprint density at radius 2 is 1.56 bits per heavy atom. The molecule has 4 aliphatic rings. The molecular weight excluding hydrogens is 480 g/mol. The summed E-state index contributed by atoms with van der Waals surface area (Å²) in [5.41, 5.74) is 0.255. The second-order valence-corrected chi connectivity index (χ2v) is 11.0. The van der Waals surface area contributed by atoms with Gasteiger partial charge in [0.15, 0.2) is 0 Å². The van der Waals surface area contributed by atoms with Crippen molar-refractivity contribution in [3.05, 3.63) is 0 Å². The lowest BCUT2D eigenvalue weighted by Crippen LogP contribution is -2.55. The molecule has 4 saturated carbocycles. The largest absolute Gasteiger partial charge is 0.460 e. The highest BCUT2D eigenvalue weighted by molar-refractivity contribution is 7.86. The molecular formula is C18H24F8O5S. The van der Waals surface area contributed by atoms with Gasteiger partial charge in [-0.2, -0.15) is 43.5 Å². The zero-order chi connectivity index (χ0) is 24.3. The van der Waals surface area contributed by atoms with Crippen molar-refractivity contribution >= 4 is 10.1 Å². The topological polar surface area (TPSA) is 72.8 Å². The zero-order valence-electron chi connectivity index (χ0n) is 16.9. The third kappa shape index (κ3) is 4.61. The van der Waals surface area contributed by atoms with Gasteiger partial charge in [0.05, 0.1) is 6.61 Å². The van der Waals surface area contributed by atoms with Crippen LogP contribution in [0.5, 0.6) is 0 Å². The highest BCUT2D eigenvalue weighted by atomic mass is 32.2. The van der Waals surface area contributed by atoms with Crippen molar-refractivity contribution in [1.29, 1.82) is 0 Å². The smallest absolute Gasteiger partial charge is 0.381 e.